The van der Waals surface area contributed by atoms with Crippen molar-refractivity contribution in [3.8, 4) is 0 Å². The Labute approximate surface area is 109 Å². The van der Waals surface area contributed by atoms with E-state index in [1.54, 1.807) is 0 Å². The molecule has 1 aromatic rings. The molecule has 0 aliphatic heterocycles. The van der Waals surface area contributed by atoms with Gasteiger partial charge in [0.2, 0.25) is 5.89 Å². The third-order valence-corrected chi connectivity index (χ3v) is 4.36. The van der Waals surface area contributed by atoms with Crippen molar-refractivity contribution in [2.45, 2.75) is 70.8 Å². The first-order valence-corrected chi connectivity index (χ1v) is 7.30. The highest BCUT2D eigenvalue weighted by Crippen LogP contribution is 2.28. The van der Waals surface area contributed by atoms with Gasteiger partial charge in [-0.3, -0.25) is 0 Å². The Kier molecular flexibility index (Phi) is 4.38. The van der Waals surface area contributed by atoms with Crippen LogP contribution in [0.3, 0.4) is 0 Å². The van der Waals surface area contributed by atoms with Crippen LogP contribution in [-0.4, -0.2) is 10.1 Å². The summed E-state index contributed by atoms with van der Waals surface area (Å²) < 4.78 is 5.38. The minimum Gasteiger partial charge on any atom is -0.339 e. The average Bonchev–Trinajstić information content (AvgIpc) is 2.88. The van der Waals surface area contributed by atoms with Gasteiger partial charge in [0, 0.05) is 6.42 Å². The van der Waals surface area contributed by atoms with Crippen molar-refractivity contribution < 1.29 is 4.52 Å². The molecule has 1 aliphatic rings. The Balaban J connectivity index is 2.01. The molecule has 1 heterocycles. The van der Waals surface area contributed by atoms with Crippen molar-refractivity contribution >= 4 is 0 Å². The predicted octanol–water partition coefficient (Wildman–Crippen LogP) is 3.17. The third-order valence-electron chi connectivity index (χ3n) is 4.36. The van der Waals surface area contributed by atoms with Crippen LogP contribution in [0.5, 0.6) is 0 Å². The first-order valence-electron chi connectivity index (χ1n) is 7.30. The lowest BCUT2D eigenvalue weighted by Gasteiger charge is -2.21. The molecule has 0 amide bonds. The number of aromatic nitrogens is 2. The van der Waals surface area contributed by atoms with Gasteiger partial charge in [0.05, 0.1) is 5.54 Å². The summed E-state index contributed by atoms with van der Waals surface area (Å²) in [4.78, 5) is 4.52. The summed E-state index contributed by atoms with van der Waals surface area (Å²) in [6, 6.07) is 0. The maximum atomic E-state index is 6.28. The number of nitrogens with zero attached hydrogens (tertiary/aromatic N) is 2. The van der Waals surface area contributed by atoms with Crippen molar-refractivity contribution in [2.75, 3.05) is 0 Å². The highest BCUT2D eigenvalue weighted by molar-refractivity contribution is 5.03. The molecule has 2 N–H and O–H groups in total. The summed E-state index contributed by atoms with van der Waals surface area (Å²) >= 11 is 0. The minimum atomic E-state index is -0.422. The molecular weight excluding hydrogens is 226 g/mol. The largest absolute Gasteiger partial charge is 0.339 e. The minimum absolute atomic E-state index is 0.422. The molecule has 1 aromatic heterocycles. The molecular formula is C14H25N3O. The Bertz CT molecular complexity index is 365. The molecule has 4 nitrogen and oxygen atoms in total. The molecule has 0 spiro atoms. The summed E-state index contributed by atoms with van der Waals surface area (Å²) in [6.45, 7) is 4.14. The number of hydrogen-bond donors (Lipinski definition) is 1. The lowest BCUT2D eigenvalue weighted by molar-refractivity contribution is 0.298. The fraction of sp³-hybridized carbons (Fsp3) is 0.857. The average molecular weight is 251 g/mol. The van der Waals surface area contributed by atoms with Crippen molar-refractivity contribution in [2.24, 2.45) is 11.7 Å². The zero-order chi connectivity index (χ0) is 13.0. The summed E-state index contributed by atoms with van der Waals surface area (Å²) in [6.07, 6.45) is 9.27. The van der Waals surface area contributed by atoms with E-state index in [2.05, 4.69) is 24.0 Å². The van der Waals surface area contributed by atoms with E-state index in [9.17, 15) is 0 Å². The second kappa shape index (κ2) is 5.83. The first-order chi connectivity index (χ1) is 8.68. The summed E-state index contributed by atoms with van der Waals surface area (Å²) in [5.41, 5.74) is 5.86. The fourth-order valence-corrected chi connectivity index (χ4v) is 2.74. The van der Waals surface area contributed by atoms with Gasteiger partial charge < -0.3 is 10.3 Å². The van der Waals surface area contributed by atoms with E-state index in [4.69, 9.17) is 10.3 Å². The number of nitrogens with two attached hydrogens (primary N) is 1. The van der Waals surface area contributed by atoms with Crippen LogP contribution < -0.4 is 5.73 Å². The van der Waals surface area contributed by atoms with E-state index in [1.165, 1.54) is 32.1 Å². The molecule has 102 valence electrons. The molecule has 0 radical (unpaired) electrons. The van der Waals surface area contributed by atoms with Crippen molar-refractivity contribution in [1.82, 2.24) is 10.1 Å². The van der Waals surface area contributed by atoms with Gasteiger partial charge in [-0.15, -0.1) is 0 Å². The third kappa shape index (κ3) is 2.91. The fourth-order valence-electron chi connectivity index (χ4n) is 2.74. The highest BCUT2D eigenvalue weighted by Gasteiger charge is 2.29. The van der Waals surface area contributed by atoms with Crippen molar-refractivity contribution in [3.63, 3.8) is 0 Å². The molecule has 1 saturated carbocycles. The number of hydrogen-bond acceptors (Lipinski definition) is 4. The van der Waals surface area contributed by atoms with Gasteiger partial charge in [0.25, 0.3) is 0 Å². The quantitative estimate of drug-likeness (QED) is 0.873. The Morgan fingerprint density at radius 2 is 1.89 bits per heavy atom. The van der Waals surface area contributed by atoms with Crippen LogP contribution in [0.15, 0.2) is 4.52 Å². The maximum Gasteiger partial charge on any atom is 0.226 e. The van der Waals surface area contributed by atoms with Crippen LogP contribution in [-0.2, 0) is 12.0 Å². The van der Waals surface area contributed by atoms with Crippen LogP contribution in [0.4, 0.5) is 0 Å². The molecule has 0 bridgehead atoms. The van der Waals surface area contributed by atoms with E-state index in [0.29, 0.717) is 5.82 Å². The van der Waals surface area contributed by atoms with Crippen LogP contribution in [0, 0.1) is 5.92 Å². The molecule has 0 aromatic carbocycles. The van der Waals surface area contributed by atoms with Gasteiger partial charge in [0.15, 0.2) is 5.82 Å². The Morgan fingerprint density at radius 3 is 2.50 bits per heavy atom. The van der Waals surface area contributed by atoms with Gasteiger partial charge in [0.1, 0.15) is 0 Å². The van der Waals surface area contributed by atoms with E-state index in [0.717, 1.165) is 31.1 Å². The first kappa shape index (κ1) is 13.5. The van der Waals surface area contributed by atoms with Gasteiger partial charge in [-0.2, -0.15) is 4.98 Å². The lowest BCUT2D eigenvalue weighted by atomic mass is 9.87. The molecule has 0 atom stereocenters. The van der Waals surface area contributed by atoms with Crippen LogP contribution in [0.25, 0.3) is 0 Å². The van der Waals surface area contributed by atoms with Crippen molar-refractivity contribution in [1.29, 1.82) is 0 Å². The standard InChI is InChI=1S/C14H25N3O/c1-3-14(15,4-2)13-16-12(18-17-13)10-11-8-6-5-7-9-11/h11H,3-10,15H2,1-2H3. The zero-order valence-electron chi connectivity index (χ0n) is 11.6. The smallest absolute Gasteiger partial charge is 0.226 e. The van der Waals surface area contributed by atoms with Gasteiger partial charge in [-0.1, -0.05) is 38.3 Å². The molecule has 0 unspecified atom stereocenters. The SMILES string of the molecule is CCC(N)(CC)c1noc(CC2CCCCC2)n1. The normalized spacial score (nSPS) is 18.2. The topological polar surface area (TPSA) is 64.9 Å². The zero-order valence-corrected chi connectivity index (χ0v) is 11.6. The summed E-state index contributed by atoms with van der Waals surface area (Å²) in [7, 11) is 0. The maximum absolute atomic E-state index is 6.28. The van der Waals surface area contributed by atoms with Gasteiger partial charge in [-0.25, -0.2) is 0 Å². The highest BCUT2D eigenvalue weighted by atomic mass is 16.5. The second-order valence-electron chi connectivity index (χ2n) is 5.58. The molecule has 4 heteroatoms. The monoisotopic (exact) mass is 251 g/mol. The van der Waals surface area contributed by atoms with Crippen molar-refractivity contribution in [3.05, 3.63) is 11.7 Å². The Hall–Kier alpha value is -0.900. The molecule has 18 heavy (non-hydrogen) atoms. The van der Waals surface area contributed by atoms with Gasteiger partial charge in [-0.05, 0) is 31.6 Å². The molecule has 1 fully saturated rings. The summed E-state index contributed by atoms with van der Waals surface area (Å²) in [5, 5.41) is 4.08. The molecule has 0 saturated heterocycles. The summed E-state index contributed by atoms with van der Waals surface area (Å²) in [5.74, 6) is 2.18. The van der Waals surface area contributed by atoms with Gasteiger partial charge >= 0.3 is 0 Å². The van der Waals surface area contributed by atoms with Crippen LogP contribution in [0.1, 0.15) is 70.5 Å². The van der Waals surface area contributed by atoms with E-state index < -0.39 is 5.54 Å². The molecule has 2 rings (SSSR count). The molecule has 1 aliphatic carbocycles. The van der Waals surface area contributed by atoms with E-state index >= 15 is 0 Å². The van der Waals surface area contributed by atoms with E-state index in [-0.39, 0.29) is 0 Å². The van der Waals surface area contributed by atoms with Crippen LogP contribution >= 0.6 is 0 Å². The van der Waals surface area contributed by atoms with Crippen LogP contribution in [0.2, 0.25) is 0 Å². The second-order valence-corrected chi connectivity index (χ2v) is 5.58. The number of rotatable bonds is 5. The van der Waals surface area contributed by atoms with E-state index in [1.807, 2.05) is 0 Å². The lowest BCUT2D eigenvalue weighted by Crippen LogP contribution is -2.36. The Morgan fingerprint density at radius 1 is 1.22 bits per heavy atom. The predicted molar refractivity (Wildman–Crippen MR) is 71.0 cm³/mol.